The Balaban J connectivity index is 1.53. The zero-order chi connectivity index (χ0) is 25.7. The number of anilines is 2. The molecule has 1 aliphatic heterocycles. The topological polar surface area (TPSA) is 92.5 Å². The molecular formula is C24H24F3N5O3S. The molecule has 8 nitrogen and oxygen atoms in total. The second kappa shape index (κ2) is 11.0. The number of aromatic hydroxyl groups is 1. The van der Waals surface area contributed by atoms with Crippen LogP contribution in [0.15, 0.2) is 60.3 Å². The molecule has 0 radical (unpaired) electrons. The van der Waals surface area contributed by atoms with Crippen LogP contribution >= 0.6 is 11.8 Å². The minimum atomic E-state index is -4.54. The minimum absolute atomic E-state index is 0.0321. The van der Waals surface area contributed by atoms with Crippen LogP contribution in [0.25, 0.3) is 11.4 Å². The maximum Gasteiger partial charge on any atom is 0.416 e. The van der Waals surface area contributed by atoms with E-state index in [0.717, 1.165) is 23.9 Å². The molecule has 1 aromatic heterocycles. The van der Waals surface area contributed by atoms with E-state index in [2.05, 4.69) is 22.1 Å². The van der Waals surface area contributed by atoms with Gasteiger partial charge in [-0.1, -0.05) is 30.0 Å². The van der Waals surface area contributed by atoms with Gasteiger partial charge >= 0.3 is 6.18 Å². The Kier molecular flexibility index (Phi) is 7.85. The summed E-state index contributed by atoms with van der Waals surface area (Å²) in [4.78, 5) is 14.7. The zero-order valence-corrected chi connectivity index (χ0v) is 20.0. The van der Waals surface area contributed by atoms with Crippen molar-refractivity contribution in [1.82, 2.24) is 14.8 Å². The van der Waals surface area contributed by atoms with Crippen molar-refractivity contribution in [3.63, 3.8) is 0 Å². The molecule has 3 aromatic rings. The van der Waals surface area contributed by atoms with Crippen molar-refractivity contribution in [2.45, 2.75) is 17.9 Å². The number of hydrogen-bond donors (Lipinski definition) is 2. The monoisotopic (exact) mass is 519 g/mol. The third-order valence-corrected chi connectivity index (χ3v) is 6.42. The number of alkyl halides is 3. The van der Waals surface area contributed by atoms with Gasteiger partial charge in [0.05, 0.1) is 41.5 Å². The number of rotatable bonds is 8. The van der Waals surface area contributed by atoms with Crippen LogP contribution in [0.5, 0.6) is 5.75 Å². The first-order valence-corrected chi connectivity index (χ1v) is 12.1. The number of amides is 1. The van der Waals surface area contributed by atoms with E-state index in [1.54, 1.807) is 28.8 Å². The second-order valence-electron chi connectivity index (χ2n) is 7.89. The Labute approximate surface area is 209 Å². The molecular weight excluding hydrogens is 495 g/mol. The molecule has 1 amide bonds. The van der Waals surface area contributed by atoms with Gasteiger partial charge in [-0.05, 0) is 30.3 Å². The first-order valence-electron chi connectivity index (χ1n) is 11.1. The van der Waals surface area contributed by atoms with Crippen LogP contribution in [0.3, 0.4) is 0 Å². The molecule has 0 saturated carbocycles. The van der Waals surface area contributed by atoms with Crippen LogP contribution < -0.4 is 10.2 Å². The van der Waals surface area contributed by atoms with Crippen LogP contribution in [0.2, 0.25) is 0 Å². The van der Waals surface area contributed by atoms with E-state index in [0.29, 0.717) is 55.1 Å². The molecule has 0 aliphatic carbocycles. The standard InChI is InChI=1S/C24H24F3N5O3S/c1-2-9-32-22(17-5-3-4-6-20(17)33)29-30-23(32)36-15-21(34)28-18-14-16(24(25,26)27)7-8-19(18)31-10-12-35-13-11-31/h2-8,14,33H,1,9-13,15H2,(H,28,34). The van der Waals surface area contributed by atoms with E-state index in [4.69, 9.17) is 4.74 Å². The van der Waals surface area contributed by atoms with Gasteiger partial charge in [0.2, 0.25) is 5.91 Å². The van der Waals surface area contributed by atoms with Crippen LogP contribution in [0, 0.1) is 0 Å². The van der Waals surface area contributed by atoms with Gasteiger partial charge in [0.1, 0.15) is 5.75 Å². The van der Waals surface area contributed by atoms with Crippen LogP contribution in [-0.4, -0.2) is 57.8 Å². The Hall–Kier alpha value is -3.51. The number of benzene rings is 2. The van der Waals surface area contributed by atoms with E-state index >= 15 is 0 Å². The van der Waals surface area contributed by atoms with E-state index in [1.165, 1.54) is 12.1 Å². The predicted molar refractivity (Wildman–Crippen MR) is 131 cm³/mol. The highest BCUT2D eigenvalue weighted by Gasteiger charge is 2.32. The third-order valence-electron chi connectivity index (χ3n) is 5.46. The van der Waals surface area contributed by atoms with Gasteiger partial charge in [-0.3, -0.25) is 9.36 Å². The number of hydrogen-bond acceptors (Lipinski definition) is 7. The molecule has 1 fully saturated rings. The number of carbonyl (C=O) groups excluding carboxylic acids is 1. The number of aromatic nitrogens is 3. The lowest BCUT2D eigenvalue weighted by Gasteiger charge is -2.31. The summed E-state index contributed by atoms with van der Waals surface area (Å²) >= 11 is 1.08. The van der Waals surface area contributed by atoms with Gasteiger partial charge in [-0.2, -0.15) is 13.2 Å². The quantitative estimate of drug-likeness (QED) is 0.336. The highest BCUT2D eigenvalue weighted by molar-refractivity contribution is 7.99. The van der Waals surface area contributed by atoms with Crippen molar-refractivity contribution in [3.8, 4) is 17.1 Å². The highest BCUT2D eigenvalue weighted by atomic mass is 32.2. The number of morpholine rings is 1. The lowest BCUT2D eigenvalue weighted by atomic mass is 10.1. The molecule has 2 aromatic carbocycles. The highest BCUT2D eigenvalue weighted by Crippen LogP contribution is 2.36. The number of nitrogens with one attached hydrogen (secondary N) is 1. The largest absolute Gasteiger partial charge is 0.507 e. The predicted octanol–water partition coefficient (Wildman–Crippen LogP) is 4.42. The zero-order valence-electron chi connectivity index (χ0n) is 19.2. The van der Waals surface area contributed by atoms with Crippen LogP contribution in [0.4, 0.5) is 24.5 Å². The number of allylic oxidation sites excluding steroid dienone is 1. The lowest BCUT2D eigenvalue weighted by Crippen LogP contribution is -2.37. The summed E-state index contributed by atoms with van der Waals surface area (Å²) in [5.74, 6) is -0.173. The fourth-order valence-electron chi connectivity index (χ4n) is 3.76. The summed E-state index contributed by atoms with van der Waals surface area (Å²) in [6, 6.07) is 9.99. The van der Waals surface area contributed by atoms with Crippen molar-refractivity contribution >= 4 is 29.0 Å². The van der Waals surface area contributed by atoms with Crippen molar-refractivity contribution in [2.24, 2.45) is 0 Å². The summed E-state index contributed by atoms with van der Waals surface area (Å²) in [6.45, 7) is 5.96. The Morgan fingerprint density at radius 1 is 1.19 bits per heavy atom. The molecule has 36 heavy (non-hydrogen) atoms. The van der Waals surface area contributed by atoms with Gasteiger partial charge in [0.25, 0.3) is 0 Å². The smallest absolute Gasteiger partial charge is 0.416 e. The van der Waals surface area contributed by atoms with Gasteiger partial charge in [-0.25, -0.2) is 0 Å². The van der Waals surface area contributed by atoms with E-state index in [1.807, 2.05) is 4.90 Å². The molecule has 4 rings (SSSR count). The minimum Gasteiger partial charge on any atom is -0.507 e. The average Bonchev–Trinajstić information content (AvgIpc) is 3.25. The molecule has 190 valence electrons. The van der Waals surface area contributed by atoms with E-state index < -0.39 is 17.6 Å². The van der Waals surface area contributed by atoms with Gasteiger partial charge in [0.15, 0.2) is 11.0 Å². The van der Waals surface area contributed by atoms with Gasteiger partial charge in [0, 0.05) is 19.6 Å². The van der Waals surface area contributed by atoms with E-state index in [9.17, 15) is 23.1 Å². The molecule has 2 N–H and O–H groups in total. The summed E-state index contributed by atoms with van der Waals surface area (Å²) in [5, 5.41) is 21.5. The Morgan fingerprint density at radius 3 is 2.64 bits per heavy atom. The molecule has 2 heterocycles. The summed E-state index contributed by atoms with van der Waals surface area (Å²) in [5.41, 5.74) is 0.212. The molecule has 0 bridgehead atoms. The average molecular weight is 520 g/mol. The number of ether oxygens (including phenoxy) is 1. The fraction of sp³-hybridized carbons (Fsp3) is 0.292. The Morgan fingerprint density at radius 2 is 1.94 bits per heavy atom. The van der Waals surface area contributed by atoms with Gasteiger partial charge in [-0.15, -0.1) is 16.8 Å². The number of carbonyl (C=O) groups is 1. The van der Waals surface area contributed by atoms with Crippen molar-refractivity contribution in [1.29, 1.82) is 0 Å². The summed E-state index contributed by atoms with van der Waals surface area (Å²) in [7, 11) is 0. The SMILES string of the molecule is C=CCn1c(SCC(=O)Nc2cc(C(F)(F)F)ccc2N2CCOCC2)nnc1-c1ccccc1O. The third kappa shape index (κ3) is 5.82. The first-order chi connectivity index (χ1) is 17.3. The van der Waals surface area contributed by atoms with E-state index in [-0.39, 0.29) is 17.2 Å². The number of phenols is 1. The molecule has 0 atom stereocenters. The first kappa shape index (κ1) is 25.6. The van der Waals surface area contributed by atoms with Crippen molar-refractivity contribution in [2.75, 3.05) is 42.3 Å². The molecule has 1 aliphatic rings. The fourth-order valence-corrected chi connectivity index (χ4v) is 4.51. The number of para-hydroxylation sites is 1. The number of phenolic OH excluding ortho intramolecular Hbond substituents is 1. The van der Waals surface area contributed by atoms with Gasteiger partial charge < -0.3 is 20.1 Å². The lowest BCUT2D eigenvalue weighted by molar-refractivity contribution is -0.137. The molecule has 0 unspecified atom stereocenters. The maximum absolute atomic E-state index is 13.3. The molecule has 12 heteroatoms. The normalized spacial score (nSPS) is 14.0. The van der Waals surface area contributed by atoms with Crippen molar-refractivity contribution < 1.29 is 27.8 Å². The molecule has 0 spiro atoms. The maximum atomic E-state index is 13.3. The second-order valence-corrected chi connectivity index (χ2v) is 8.83. The Bertz CT molecular complexity index is 1240. The molecule has 1 saturated heterocycles. The number of nitrogens with zero attached hydrogens (tertiary/aromatic N) is 4. The summed E-state index contributed by atoms with van der Waals surface area (Å²) < 4.78 is 47.1. The summed E-state index contributed by atoms with van der Waals surface area (Å²) in [6.07, 6.45) is -2.91. The number of halogens is 3. The van der Waals surface area contributed by atoms with Crippen molar-refractivity contribution in [3.05, 3.63) is 60.7 Å². The number of thioether (sulfide) groups is 1. The van der Waals surface area contributed by atoms with Crippen LogP contribution in [0.1, 0.15) is 5.56 Å². The van der Waals surface area contributed by atoms with Crippen LogP contribution in [-0.2, 0) is 22.3 Å².